The SMILES string of the molecule is COc1ccc(C)cc1C(=O)N1CCC[C@@H](C(=O)NCC(=O)COc2c(C)cccc2C)C1.COc1ccc(C)cc1C(=O)N1CCC[C@H](C(=O)NCC(=O)COc2c(C)cccc2C)C1. The minimum absolute atomic E-state index is 0.0973. The first-order chi connectivity index (χ1) is 31.6. The van der Waals surface area contributed by atoms with E-state index in [0.29, 0.717) is 73.1 Å². The molecule has 4 aromatic carbocycles. The van der Waals surface area contributed by atoms with Crippen LogP contribution < -0.4 is 29.6 Å². The van der Waals surface area contributed by atoms with Crippen LogP contribution in [-0.4, -0.2) is 112 Å². The lowest BCUT2D eigenvalue weighted by molar-refractivity contribution is -0.129. The molecule has 0 spiro atoms. The number of amides is 4. The molecule has 2 fully saturated rings. The largest absolute Gasteiger partial charge is 0.496 e. The van der Waals surface area contributed by atoms with Crippen LogP contribution in [0.4, 0.5) is 0 Å². The highest BCUT2D eigenvalue weighted by molar-refractivity contribution is 5.98. The van der Waals surface area contributed by atoms with E-state index in [-0.39, 0.29) is 73.3 Å². The summed E-state index contributed by atoms with van der Waals surface area (Å²) in [5.74, 6) is 0.578. The van der Waals surface area contributed by atoms with E-state index in [0.717, 1.165) is 46.2 Å². The molecule has 2 heterocycles. The van der Waals surface area contributed by atoms with Crippen LogP contribution in [0.3, 0.4) is 0 Å². The third-order valence-corrected chi connectivity index (χ3v) is 11.8. The summed E-state index contributed by atoms with van der Waals surface area (Å²) in [5.41, 5.74) is 6.77. The number of piperidine rings is 2. The van der Waals surface area contributed by atoms with E-state index in [1.54, 1.807) is 34.1 Å². The molecule has 4 amide bonds. The van der Waals surface area contributed by atoms with E-state index in [1.807, 2.05) is 90.1 Å². The Balaban J connectivity index is 0.000000247. The zero-order valence-corrected chi connectivity index (χ0v) is 39.5. The number of Topliss-reactive ketones (excluding diaryl/α,β-unsaturated/α-hetero) is 2. The Morgan fingerprint density at radius 2 is 0.909 bits per heavy atom. The standard InChI is InChI=1S/2C26H32N2O5/c2*1-17-10-11-23(32-4)22(13-17)26(31)28-12-6-9-20(15-28)25(30)27-14-21(29)16-33-24-18(2)7-5-8-19(24)3/h2*5,7-8,10-11,13,20H,6,9,12,14-16H2,1-4H3,(H,27,30)/t2*20-/m10/s1. The van der Waals surface area contributed by atoms with Crippen molar-refractivity contribution >= 4 is 35.2 Å². The summed E-state index contributed by atoms with van der Waals surface area (Å²) in [6.45, 7) is 13.0. The third-order valence-electron chi connectivity index (χ3n) is 11.8. The number of aryl methyl sites for hydroxylation is 6. The van der Waals surface area contributed by atoms with Crippen molar-refractivity contribution in [1.82, 2.24) is 20.4 Å². The first-order valence-corrected chi connectivity index (χ1v) is 22.4. The second-order valence-electron chi connectivity index (χ2n) is 17.1. The van der Waals surface area contributed by atoms with Crippen LogP contribution in [0.25, 0.3) is 0 Å². The molecule has 0 radical (unpaired) electrons. The van der Waals surface area contributed by atoms with Gasteiger partial charge in [0, 0.05) is 26.2 Å². The fourth-order valence-electron chi connectivity index (χ4n) is 8.19. The van der Waals surface area contributed by atoms with Gasteiger partial charge in [0.05, 0.1) is 50.3 Å². The number of methoxy groups -OCH3 is 2. The molecule has 0 aromatic heterocycles. The number of ether oxygens (including phenoxy) is 4. The fourth-order valence-corrected chi connectivity index (χ4v) is 8.19. The van der Waals surface area contributed by atoms with Gasteiger partial charge in [-0.25, -0.2) is 0 Å². The number of rotatable bonds is 16. The Hall–Kier alpha value is -6.70. The van der Waals surface area contributed by atoms with Crippen LogP contribution in [0, 0.1) is 53.4 Å². The number of likely N-dealkylation sites (tertiary alicyclic amines) is 2. The molecule has 4 aromatic rings. The van der Waals surface area contributed by atoms with Gasteiger partial charge in [-0.2, -0.15) is 0 Å². The maximum atomic E-state index is 13.1. The number of para-hydroxylation sites is 2. The molecule has 2 aliphatic heterocycles. The highest BCUT2D eigenvalue weighted by atomic mass is 16.5. The molecule has 66 heavy (non-hydrogen) atoms. The molecule has 2 aliphatic rings. The topological polar surface area (TPSA) is 170 Å². The molecule has 0 bridgehead atoms. The quantitative estimate of drug-likeness (QED) is 0.127. The Kier molecular flexibility index (Phi) is 18.3. The second kappa shape index (κ2) is 24.0. The zero-order valence-electron chi connectivity index (χ0n) is 39.5. The summed E-state index contributed by atoms with van der Waals surface area (Å²) >= 11 is 0. The molecular formula is C52H64N4O10. The second-order valence-corrected chi connectivity index (χ2v) is 17.1. The smallest absolute Gasteiger partial charge is 0.257 e. The minimum atomic E-state index is -0.356. The Labute approximate surface area is 388 Å². The molecule has 352 valence electrons. The Bertz CT molecular complexity index is 2190. The molecule has 14 heteroatoms. The predicted molar refractivity (Wildman–Crippen MR) is 252 cm³/mol. The highest BCUT2D eigenvalue weighted by Gasteiger charge is 2.32. The molecule has 2 N–H and O–H groups in total. The third kappa shape index (κ3) is 13.7. The van der Waals surface area contributed by atoms with Crippen molar-refractivity contribution in [3.63, 3.8) is 0 Å². The van der Waals surface area contributed by atoms with Crippen molar-refractivity contribution < 1.29 is 47.7 Å². The molecule has 6 rings (SSSR count). The van der Waals surface area contributed by atoms with E-state index in [4.69, 9.17) is 18.9 Å². The van der Waals surface area contributed by atoms with Gasteiger partial charge in [-0.05, 0) is 114 Å². The van der Waals surface area contributed by atoms with E-state index < -0.39 is 0 Å². The molecule has 0 saturated carbocycles. The fraction of sp³-hybridized carbons (Fsp3) is 0.423. The molecule has 0 aliphatic carbocycles. The van der Waals surface area contributed by atoms with Gasteiger partial charge < -0.3 is 39.4 Å². The molecule has 14 nitrogen and oxygen atoms in total. The van der Waals surface area contributed by atoms with E-state index in [9.17, 15) is 28.8 Å². The van der Waals surface area contributed by atoms with Crippen molar-refractivity contribution in [2.24, 2.45) is 11.8 Å². The Morgan fingerprint density at radius 3 is 1.26 bits per heavy atom. The number of ketones is 2. The zero-order chi connectivity index (χ0) is 47.9. The predicted octanol–water partition coefficient (Wildman–Crippen LogP) is 6.47. The molecule has 2 saturated heterocycles. The lowest BCUT2D eigenvalue weighted by Crippen LogP contribution is -2.46. The maximum absolute atomic E-state index is 13.1. The average Bonchev–Trinajstić information content (AvgIpc) is 3.31. The van der Waals surface area contributed by atoms with Crippen LogP contribution in [0.2, 0.25) is 0 Å². The van der Waals surface area contributed by atoms with Crippen molar-refractivity contribution in [1.29, 1.82) is 0 Å². The van der Waals surface area contributed by atoms with Crippen LogP contribution in [0.1, 0.15) is 79.8 Å². The van der Waals surface area contributed by atoms with Gasteiger partial charge in [-0.3, -0.25) is 28.8 Å². The monoisotopic (exact) mass is 904 g/mol. The number of hydrogen-bond donors (Lipinski definition) is 2. The summed E-state index contributed by atoms with van der Waals surface area (Å²) in [6, 6.07) is 22.5. The van der Waals surface area contributed by atoms with Gasteiger partial charge in [-0.1, -0.05) is 59.7 Å². The first kappa shape index (κ1) is 50.3. The van der Waals surface area contributed by atoms with Crippen LogP contribution in [0.15, 0.2) is 72.8 Å². The van der Waals surface area contributed by atoms with Crippen LogP contribution >= 0.6 is 0 Å². The summed E-state index contributed by atoms with van der Waals surface area (Å²) in [4.78, 5) is 79.5. The van der Waals surface area contributed by atoms with Crippen molar-refractivity contribution in [2.45, 2.75) is 67.2 Å². The van der Waals surface area contributed by atoms with Crippen molar-refractivity contribution in [3.8, 4) is 23.0 Å². The molecule has 0 unspecified atom stereocenters. The molecule has 2 atom stereocenters. The highest BCUT2D eigenvalue weighted by Crippen LogP contribution is 2.28. The number of hydrogen-bond acceptors (Lipinski definition) is 10. The summed E-state index contributed by atoms with van der Waals surface area (Å²) in [5, 5.41) is 5.43. The number of nitrogens with zero attached hydrogens (tertiary/aromatic N) is 2. The van der Waals surface area contributed by atoms with Crippen LogP contribution in [0.5, 0.6) is 23.0 Å². The van der Waals surface area contributed by atoms with Gasteiger partial charge in [0.15, 0.2) is 11.6 Å². The van der Waals surface area contributed by atoms with Crippen molar-refractivity contribution in [3.05, 3.63) is 117 Å². The number of carbonyl (C=O) groups is 6. The van der Waals surface area contributed by atoms with Gasteiger partial charge in [0.25, 0.3) is 11.8 Å². The lowest BCUT2D eigenvalue weighted by atomic mass is 9.96. The molecular weight excluding hydrogens is 841 g/mol. The van der Waals surface area contributed by atoms with E-state index in [2.05, 4.69) is 10.6 Å². The van der Waals surface area contributed by atoms with Crippen molar-refractivity contribution in [2.75, 3.05) is 66.7 Å². The van der Waals surface area contributed by atoms with Gasteiger partial charge in [0.2, 0.25) is 11.8 Å². The maximum Gasteiger partial charge on any atom is 0.257 e. The number of benzene rings is 4. The van der Waals surface area contributed by atoms with E-state index in [1.165, 1.54) is 14.2 Å². The Morgan fingerprint density at radius 1 is 0.545 bits per heavy atom. The van der Waals surface area contributed by atoms with Gasteiger partial charge in [-0.15, -0.1) is 0 Å². The number of nitrogens with one attached hydrogen (secondary N) is 2. The normalized spacial score (nSPS) is 15.6. The minimum Gasteiger partial charge on any atom is -0.496 e. The van der Waals surface area contributed by atoms with Gasteiger partial charge in [0.1, 0.15) is 36.2 Å². The summed E-state index contributed by atoms with van der Waals surface area (Å²) in [7, 11) is 3.07. The number of carbonyl (C=O) groups excluding carboxylic acids is 6. The van der Waals surface area contributed by atoms with E-state index >= 15 is 0 Å². The lowest BCUT2D eigenvalue weighted by Gasteiger charge is -2.32. The summed E-state index contributed by atoms with van der Waals surface area (Å²) < 4.78 is 22.0. The van der Waals surface area contributed by atoms with Crippen LogP contribution in [-0.2, 0) is 19.2 Å². The summed E-state index contributed by atoms with van der Waals surface area (Å²) in [6.07, 6.45) is 2.80. The first-order valence-electron chi connectivity index (χ1n) is 22.4. The van der Waals surface area contributed by atoms with Gasteiger partial charge >= 0.3 is 0 Å². The average molecular weight is 905 g/mol.